The third kappa shape index (κ3) is 2.21. The van der Waals surface area contributed by atoms with Crippen molar-refractivity contribution in [3.63, 3.8) is 0 Å². The van der Waals surface area contributed by atoms with E-state index in [1.165, 1.54) is 0 Å². The zero-order chi connectivity index (χ0) is 11.4. The number of nitrogens with zero attached hydrogens (tertiary/aromatic N) is 2. The molecule has 0 N–H and O–H groups in total. The van der Waals surface area contributed by atoms with Gasteiger partial charge in [-0.15, -0.1) is 0 Å². The van der Waals surface area contributed by atoms with E-state index < -0.39 is 0 Å². The van der Waals surface area contributed by atoms with Crippen molar-refractivity contribution >= 4 is 11.6 Å². The molecule has 2 rings (SSSR count). The third-order valence-corrected chi connectivity index (χ3v) is 2.47. The highest BCUT2D eigenvalue weighted by Crippen LogP contribution is 2.25. The van der Waals surface area contributed by atoms with Crippen molar-refractivity contribution in [3.05, 3.63) is 53.3 Å². The van der Waals surface area contributed by atoms with Gasteiger partial charge in [0.05, 0.1) is 23.2 Å². The second-order valence-corrected chi connectivity index (χ2v) is 3.79. The summed E-state index contributed by atoms with van der Waals surface area (Å²) in [5, 5.41) is 9.32. The highest BCUT2D eigenvalue weighted by atomic mass is 35.5. The van der Waals surface area contributed by atoms with E-state index in [1.54, 1.807) is 6.20 Å². The van der Waals surface area contributed by atoms with Gasteiger partial charge in [-0.3, -0.25) is 4.98 Å². The largest absolute Gasteiger partial charge is 0.258 e. The molecule has 1 aromatic carbocycles. The average molecular weight is 229 g/mol. The molecular formula is C13H9ClN2. The molecule has 0 unspecified atom stereocenters. The van der Waals surface area contributed by atoms with Gasteiger partial charge >= 0.3 is 0 Å². The number of aromatic nitrogens is 1. The van der Waals surface area contributed by atoms with Crippen LogP contribution in [0.3, 0.4) is 0 Å². The monoisotopic (exact) mass is 228 g/mol. The fourth-order valence-electron chi connectivity index (χ4n) is 1.55. The van der Waals surface area contributed by atoms with Gasteiger partial charge in [0.1, 0.15) is 0 Å². The Morgan fingerprint density at radius 3 is 2.69 bits per heavy atom. The van der Waals surface area contributed by atoms with E-state index in [1.807, 2.05) is 36.4 Å². The molecule has 78 valence electrons. The van der Waals surface area contributed by atoms with Crippen LogP contribution in [0.5, 0.6) is 0 Å². The fraction of sp³-hybridized carbons (Fsp3) is 0.0769. The van der Waals surface area contributed by atoms with Gasteiger partial charge < -0.3 is 0 Å². The fourth-order valence-corrected chi connectivity index (χ4v) is 1.71. The van der Waals surface area contributed by atoms with E-state index in [0.29, 0.717) is 11.4 Å². The number of pyridine rings is 1. The van der Waals surface area contributed by atoms with Crippen LogP contribution in [-0.2, 0) is 6.42 Å². The molecule has 3 heteroatoms. The van der Waals surface area contributed by atoms with Gasteiger partial charge in [0, 0.05) is 11.8 Å². The van der Waals surface area contributed by atoms with Crippen LogP contribution >= 0.6 is 11.6 Å². The lowest BCUT2D eigenvalue weighted by Gasteiger charge is -2.06. The summed E-state index contributed by atoms with van der Waals surface area (Å²) in [7, 11) is 0. The molecule has 0 fully saturated rings. The Hall–Kier alpha value is -1.85. The zero-order valence-corrected chi connectivity index (χ0v) is 9.28. The van der Waals surface area contributed by atoms with Crippen LogP contribution in [0.4, 0.5) is 0 Å². The summed E-state index contributed by atoms with van der Waals surface area (Å²) in [4.78, 5) is 4.19. The molecule has 1 aromatic heterocycles. The molecule has 2 nitrogen and oxygen atoms in total. The van der Waals surface area contributed by atoms with Crippen LogP contribution in [0.2, 0.25) is 5.02 Å². The molecule has 0 aliphatic heterocycles. The maximum absolute atomic E-state index is 8.74. The molecule has 0 saturated carbocycles. The van der Waals surface area contributed by atoms with Crippen molar-refractivity contribution in [3.8, 4) is 17.2 Å². The number of hydrogen-bond donors (Lipinski definition) is 0. The van der Waals surface area contributed by atoms with E-state index in [4.69, 9.17) is 16.9 Å². The van der Waals surface area contributed by atoms with Gasteiger partial charge in [-0.1, -0.05) is 41.9 Å². The predicted octanol–water partition coefficient (Wildman–Crippen LogP) is 3.47. The number of nitriles is 1. The Balaban J connectivity index is 2.55. The van der Waals surface area contributed by atoms with Gasteiger partial charge in [0.15, 0.2) is 0 Å². The molecule has 0 aliphatic rings. The lowest BCUT2D eigenvalue weighted by molar-refractivity contribution is 1.12. The van der Waals surface area contributed by atoms with Crippen LogP contribution in [0.15, 0.2) is 42.6 Å². The van der Waals surface area contributed by atoms with Crippen molar-refractivity contribution in [2.24, 2.45) is 0 Å². The van der Waals surface area contributed by atoms with Crippen molar-refractivity contribution in [1.82, 2.24) is 4.98 Å². The first kappa shape index (κ1) is 10.7. The van der Waals surface area contributed by atoms with Crippen LogP contribution in [0.1, 0.15) is 5.69 Å². The molecule has 16 heavy (non-hydrogen) atoms. The summed E-state index contributed by atoms with van der Waals surface area (Å²) >= 11 is 5.92. The summed E-state index contributed by atoms with van der Waals surface area (Å²) in [6.45, 7) is 0. The van der Waals surface area contributed by atoms with Gasteiger partial charge in [-0.05, 0) is 11.6 Å². The number of rotatable bonds is 2. The molecule has 0 radical (unpaired) electrons. The van der Waals surface area contributed by atoms with Gasteiger partial charge in [0.25, 0.3) is 0 Å². The minimum absolute atomic E-state index is 0.293. The Bertz CT molecular complexity index is 529. The number of halogens is 1. The van der Waals surface area contributed by atoms with Crippen LogP contribution in [0.25, 0.3) is 11.1 Å². The van der Waals surface area contributed by atoms with Crippen LogP contribution in [-0.4, -0.2) is 4.98 Å². The van der Waals surface area contributed by atoms with E-state index in [-0.39, 0.29) is 0 Å². The van der Waals surface area contributed by atoms with Crippen molar-refractivity contribution in [2.75, 3.05) is 0 Å². The minimum Gasteiger partial charge on any atom is -0.258 e. The summed E-state index contributed by atoms with van der Waals surface area (Å²) in [6, 6.07) is 13.8. The first-order chi connectivity index (χ1) is 7.81. The average Bonchev–Trinajstić information content (AvgIpc) is 2.33. The van der Waals surface area contributed by atoms with E-state index >= 15 is 0 Å². The smallest absolute Gasteiger partial charge is 0.0781 e. The molecule has 0 amide bonds. The molecule has 0 spiro atoms. The van der Waals surface area contributed by atoms with E-state index in [0.717, 1.165) is 16.8 Å². The van der Waals surface area contributed by atoms with E-state index in [9.17, 15) is 0 Å². The first-order valence-electron chi connectivity index (χ1n) is 4.88. The lowest BCUT2D eigenvalue weighted by atomic mass is 10.0. The van der Waals surface area contributed by atoms with Gasteiger partial charge in [-0.2, -0.15) is 5.26 Å². The molecule has 0 bridgehead atoms. The number of hydrogen-bond acceptors (Lipinski definition) is 2. The highest BCUT2D eigenvalue weighted by molar-refractivity contribution is 6.30. The Kier molecular flexibility index (Phi) is 3.19. The molecule has 2 aromatic rings. The Labute approximate surface area is 99.1 Å². The summed E-state index contributed by atoms with van der Waals surface area (Å²) in [5.41, 5.74) is 2.72. The van der Waals surface area contributed by atoms with Gasteiger partial charge in [0.2, 0.25) is 0 Å². The summed E-state index contributed by atoms with van der Waals surface area (Å²) < 4.78 is 0. The van der Waals surface area contributed by atoms with Crippen molar-refractivity contribution < 1.29 is 0 Å². The second kappa shape index (κ2) is 4.78. The van der Waals surface area contributed by atoms with Crippen LogP contribution < -0.4 is 0 Å². The Morgan fingerprint density at radius 1 is 1.25 bits per heavy atom. The van der Waals surface area contributed by atoms with Crippen molar-refractivity contribution in [2.45, 2.75) is 6.42 Å². The predicted molar refractivity (Wildman–Crippen MR) is 64.0 cm³/mol. The molecule has 1 heterocycles. The minimum atomic E-state index is 0.293. The number of benzene rings is 1. The highest BCUT2D eigenvalue weighted by Gasteiger charge is 2.06. The zero-order valence-electron chi connectivity index (χ0n) is 8.52. The molecular weight excluding hydrogens is 220 g/mol. The maximum Gasteiger partial charge on any atom is 0.0781 e. The lowest BCUT2D eigenvalue weighted by Crippen LogP contribution is -1.92. The summed E-state index contributed by atoms with van der Waals surface area (Å²) in [5.74, 6) is 0. The molecule has 0 atom stereocenters. The summed E-state index contributed by atoms with van der Waals surface area (Å²) in [6.07, 6.45) is 1.86. The third-order valence-electron chi connectivity index (χ3n) is 2.27. The maximum atomic E-state index is 8.74. The van der Waals surface area contributed by atoms with Crippen molar-refractivity contribution in [1.29, 1.82) is 5.26 Å². The Morgan fingerprint density at radius 2 is 2.00 bits per heavy atom. The molecule has 0 saturated heterocycles. The SMILES string of the molecule is N#CCc1ncc(Cl)cc1-c1ccccc1. The first-order valence-corrected chi connectivity index (χ1v) is 5.26. The standard InChI is InChI=1S/C13H9ClN2/c14-11-8-12(10-4-2-1-3-5-10)13(6-7-15)16-9-11/h1-5,8-9H,6H2. The van der Waals surface area contributed by atoms with Gasteiger partial charge in [-0.25, -0.2) is 0 Å². The molecule has 0 aliphatic carbocycles. The normalized spacial score (nSPS) is 9.75. The second-order valence-electron chi connectivity index (χ2n) is 3.35. The van der Waals surface area contributed by atoms with E-state index in [2.05, 4.69) is 11.1 Å². The van der Waals surface area contributed by atoms with Crippen LogP contribution in [0, 0.1) is 11.3 Å². The topological polar surface area (TPSA) is 36.7 Å². The quantitative estimate of drug-likeness (QED) is 0.789.